The zero-order valence-corrected chi connectivity index (χ0v) is 16.7. The summed E-state index contributed by atoms with van der Waals surface area (Å²) >= 11 is 0. The van der Waals surface area contributed by atoms with Gasteiger partial charge in [-0.2, -0.15) is 0 Å². The summed E-state index contributed by atoms with van der Waals surface area (Å²) in [7, 11) is 0. The van der Waals surface area contributed by atoms with Crippen LogP contribution in [0.1, 0.15) is 28.8 Å². The van der Waals surface area contributed by atoms with Gasteiger partial charge in [-0.25, -0.2) is 14.0 Å². The highest BCUT2D eigenvalue weighted by Gasteiger charge is 2.37. The molecule has 5 rings (SSSR count). The van der Waals surface area contributed by atoms with Crippen LogP contribution in [-0.2, 0) is 11.2 Å². The molecule has 6 nitrogen and oxygen atoms in total. The molecule has 0 spiro atoms. The molecule has 30 heavy (non-hydrogen) atoms. The lowest BCUT2D eigenvalue weighted by Gasteiger charge is -2.44. The predicted octanol–water partition coefficient (Wildman–Crippen LogP) is 3.80. The fourth-order valence-corrected chi connectivity index (χ4v) is 4.27. The van der Waals surface area contributed by atoms with E-state index in [9.17, 15) is 14.0 Å². The fraction of sp³-hybridized carbons (Fsp3) is 0.391. The summed E-state index contributed by atoms with van der Waals surface area (Å²) in [6, 6.07) is 12.6. The number of anilines is 1. The molecule has 3 aliphatic heterocycles. The molecule has 0 aromatic heterocycles. The van der Waals surface area contributed by atoms with E-state index in [4.69, 9.17) is 9.84 Å². The number of piperidine rings is 3. The van der Waals surface area contributed by atoms with E-state index in [1.54, 1.807) is 30.3 Å². The second-order valence-corrected chi connectivity index (χ2v) is 7.92. The number of ether oxygens (including phenoxy) is 1. The standard InChI is InChI=1S/C23H25FN2O4/c24-19-3-1-2-4-20(19)26(14-9-16-5-7-18(8-6-16)22(27)28)23(29)30-21-15-25-12-10-17(21)11-13-25/h1-8,17,21H,9-15H2,(H,27,28)/t21-/m0/s1. The Labute approximate surface area is 174 Å². The quantitative estimate of drug-likeness (QED) is 0.782. The van der Waals surface area contributed by atoms with Gasteiger partial charge in [0.25, 0.3) is 0 Å². The zero-order valence-electron chi connectivity index (χ0n) is 16.7. The Morgan fingerprint density at radius 3 is 2.40 bits per heavy atom. The van der Waals surface area contributed by atoms with Gasteiger partial charge in [0.05, 0.1) is 11.3 Å². The van der Waals surface area contributed by atoms with E-state index < -0.39 is 17.9 Å². The number of carbonyl (C=O) groups is 2. The molecule has 2 aromatic rings. The van der Waals surface area contributed by atoms with Gasteiger partial charge in [0, 0.05) is 13.1 Å². The number of benzene rings is 2. The van der Waals surface area contributed by atoms with Gasteiger partial charge < -0.3 is 9.84 Å². The first-order valence-corrected chi connectivity index (χ1v) is 10.3. The minimum atomic E-state index is -0.990. The molecule has 3 saturated heterocycles. The highest BCUT2D eigenvalue weighted by atomic mass is 19.1. The lowest BCUT2D eigenvalue weighted by molar-refractivity contribution is -0.0310. The molecular weight excluding hydrogens is 387 g/mol. The number of fused-ring (bicyclic) bond motifs is 3. The van der Waals surface area contributed by atoms with Crippen LogP contribution < -0.4 is 4.90 Å². The minimum Gasteiger partial charge on any atom is -0.478 e. The number of halogens is 1. The number of rotatable bonds is 6. The minimum absolute atomic E-state index is 0.163. The van der Waals surface area contributed by atoms with Gasteiger partial charge in [-0.15, -0.1) is 0 Å². The molecule has 3 heterocycles. The van der Waals surface area contributed by atoms with Crippen LogP contribution in [0.2, 0.25) is 0 Å². The number of nitrogens with zero attached hydrogens (tertiary/aromatic N) is 2. The third-order valence-electron chi connectivity index (χ3n) is 6.04. The summed E-state index contributed by atoms with van der Waals surface area (Å²) in [6.07, 6.45) is 1.79. The molecule has 0 aliphatic carbocycles. The molecule has 0 radical (unpaired) electrons. The van der Waals surface area contributed by atoms with Gasteiger partial charge in [0.2, 0.25) is 0 Å². The summed E-state index contributed by atoms with van der Waals surface area (Å²) < 4.78 is 20.3. The maximum Gasteiger partial charge on any atom is 0.414 e. The van der Waals surface area contributed by atoms with Crippen molar-refractivity contribution in [2.75, 3.05) is 31.1 Å². The summed E-state index contributed by atoms with van der Waals surface area (Å²) in [5.41, 5.74) is 1.24. The maximum absolute atomic E-state index is 14.5. The van der Waals surface area contributed by atoms with Crippen molar-refractivity contribution in [3.63, 3.8) is 0 Å². The number of aromatic carboxylic acids is 1. The molecule has 2 bridgehead atoms. The second kappa shape index (κ2) is 8.83. The van der Waals surface area contributed by atoms with Crippen molar-refractivity contribution in [3.05, 3.63) is 65.5 Å². The molecule has 1 amide bonds. The first-order chi connectivity index (χ1) is 14.5. The van der Waals surface area contributed by atoms with Crippen LogP contribution in [0.4, 0.5) is 14.9 Å². The number of hydrogen-bond acceptors (Lipinski definition) is 4. The number of carboxylic acids is 1. The predicted molar refractivity (Wildman–Crippen MR) is 110 cm³/mol. The Kier molecular flexibility index (Phi) is 5.99. The van der Waals surface area contributed by atoms with E-state index in [1.807, 2.05) is 0 Å². The summed E-state index contributed by atoms with van der Waals surface area (Å²) in [5, 5.41) is 9.03. The molecule has 1 atom stereocenters. The van der Waals surface area contributed by atoms with Crippen molar-refractivity contribution in [2.45, 2.75) is 25.4 Å². The van der Waals surface area contributed by atoms with E-state index in [0.717, 1.165) is 38.0 Å². The van der Waals surface area contributed by atoms with E-state index >= 15 is 0 Å². The van der Waals surface area contributed by atoms with Crippen molar-refractivity contribution in [3.8, 4) is 0 Å². The van der Waals surface area contributed by atoms with Gasteiger partial charge in [-0.05, 0) is 68.1 Å². The zero-order chi connectivity index (χ0) is 21.1. The Bertz CT molecular complexity index is 910. The van der Waals surface area contributed by atoms with Crippen molar-refractivity contribution < 1.29 is 23.8 Å². The molecule has 0 saturated carbocycles. The van der Waals surface area contributed by atoms with Crippen molar-refractivity contribution in [2.24, 2.45) is 5.92 Å². The topological polar surface area (TPSA) is 70.1 Å². The normalized spacial score (nSPS) is 22.5. The van der Waals surface area contributed by atoms with E-state index in [1.165, 1.54) is 23.1 Å². The van der Waals surface area contributed by atoms with E-state index in [-0.39, 0.29) is 23.9 Å². The summed E-state index contributed by atoms with van der Waals surface area (Å²) in [4.78, 5) is 27.7. The van der Waals surface area contributed by atoms with Crippen LogP contribution in [0.3, 0.4) is 0 Å². The first kappa shape index (κ1) is 20.3. The molecule has 1 N–H and O–H groups in total. The molecule has 2 aromatic carbocycles. The number of carboxylic acid groups (broad SMARTS) is 1. The average molecular weight is 412 g/mol. The largest absolute Gasteiger partial charge is 0.478 e. The molecule has 3 aliphatic rings. The summed E-state index contributed by atoms with van der Waals surface area (Å²) in [6.45, 7) is 3.05. The van der Waals surface area contributed by atoms with Gasteiger partial charge in [0.15, 0.2) is 0 Å². The smallest absolute Gasteiger partial charge is 0.414 e. The van der Waals surface area contributed by atoms with Gasteiger partial charge >= 0.3 is 12.1 Å². The highest BCUT2D eigenvalue weighted by molar-refractivity contribution is 5.88. The molecule has 3 fully saturated rings. The van der Waals surface area contributed by atoms with Gasteiger partial charge in [0.1, 0.15) is 11.9 Å². The maximum atomic E-state index is 14.5. The number of carbonyl (C=O) groups excluding carboxylic acids is 1. The summed E-state index contributed by atoms with van der Waals surface area (Å²) in [5.74, 6) is -1.11. The SMILES string of the molecule is O=C(O)c1ccc(CCN(C(=O)O[C@H]2CN3CCC2CC3)c2ccccc2F)cc1. The van der Waals surface area contributed by atoms with Crippen LogP contribution in [0.25, 0.3) is 0 Å². The number of hydrogen-bond donors (Lipinski definition) is 1. The molecule has 0 unspecified atom stereocenters. The lowest BCUT2D eigenvalue weighted by Crippen LogP contribution is -2.53. The van der Waals surface area contributed by atoms with Crippen LogP contribution >= 0.6 is 0 Å². The Hall–Kier alpha value is -2.93. The highest BCUT2D eigenvalue weighted by Crippen LogP contribution is 2.30. The second-order valence-electron chi connectivity index (χ2n) is 7.92. The van der Waals surface area contributed by atoms with Crippen LogP contribution in [0.15, 0.2) is 48.5 Å². The van der Waals surface area contributed by atoms with Gasteiger partial charge in [-0.1, -0.05) is 24.3 Å². The Morgan fingerprint density at radius 2 is 1.80 bits per heavy atom. The first-order valence-electron chi connectivity index (χ1n) is 10.3. The van der Waals surface area contributed by atoms with Crippen molar-refractivity contribution in [1.29, 1.82) is 0 Å². The molecule has 7 heteroatoms. The van der Waals surface area contributed by atoms with E-state index in [2.05, 4.69) is 4.90 Å². The fourth-order valence-electron chi connectivity index (χ4n) is 4.27. The van der Waals surface area contributed by atoms with Crippen molar-refractivity contribution in [1.82, 2.24) is 4.90 Å². The van der Waals surface area contributed by atoms with Crippen LogP contribution in [0, 0.1) is 11.7 Å². The van der Waals surface area contributed by atoms with Gasteiger partial charge in [-0.3, -0.25) is 9.80 Å². The Morgan fingerprint density at radius 1 is 1.10 bits per heavy atom. The number of amides is 1. The average Bonchev–Trinajstić information content (AvgIpc) is 2.76. The third kappa shape index (κ3) is 4.46. The monoisotopic (exact) mass is 412 g/mol. The lowest BCUT2D eigenvalue weighted by atomic mass is 9.86. The third-order valence-corrected chi connectivity index (χ3v) is 6.04. The van der Waals surface area contributed by atoms with Crippen molar-refractivity contribution >= 4 is 17.7 Å². The molecular formula is C23H25FN2O4. The van der Waals surface area contributed by atoms with Crippen LogP contribution in [0.5, 0.6) is 0 Å². The number of para-hydroxylation sites is 1. The van der Waals surface area contributed by atoms with E-state index in [0.29, 0.717) is 12.3 Å². The Balaban J connectivity index is 1.48. The van der Waals surface area contributed by atoms with Crippen LogP contribution in [-0.4, -0.2) is 54.4 Å². The molecule has 158 valence electrons.